The Balaban J connectivity index is 1.92. The molecule has 0 bridgehead atoms. The Hall–Kier alpha value is -1.47. The molecule has 1 nitrogen and oxygen atoms in total. The maximum absolute atomic E-state index is 7.12. The summed E-state index contributed by atoms with van der Waals surface area (Å²) >= 11 is 3.72. The normalized spacial score (nSPS) is 24.8. The molecule has 2 unspecified atom stereocenters. The Morgan fingerprint density at radius 3 is 1.77 bits per heavy atom. The zero-order chi connectivity index (χ0) is 18.2. The summed E-state index contributed by atoms with van der Waals surface area (Å²) in [5, 5.41) is 2.73. The van der Waals surface area contributed by atoms with Crippen LogP contribution in [0.1, 0.15) is 25.5 Å². The predicted molar refractivity (Wildman–Crippen MR) is 117 cm³/mol. The number of rotatable bonds is 4. The van der Waals surface area contributed by atoms with Gasteiger partial charge in [0.15, 0.2) is 0 Å². The Morgan fingerprint density at radius 1 is 0.808 bits per heavy atom. The van der Waals surface area contributed by atoms with Crippen LogP contribution in [0.5, 0.6) is 0 Å². The van der Waals surface area contributed by atoms with E-state index < -0.39 is 6.83 Å². The molecule has 3 aromatic rings. The molecule has 1 aliphatic heterocycles. The van der Waals surface area contributed by atoms with Crippen molar-refractivity contribution in [2.75, 3.05) is 6.16 Å². The fourth-order valence-corrected chi connectivity index (χ4v) is 11.4. The van der Waals surface area contributed by atoms with Gasteiger partial charge in [-0.2, -0.15) is 0 Å². The van der Waals surface area contributed by atoms with Crippen molar-refractivity contribution >= 4 is 33.4 Å². The van der Waals surface area contributed by atoms with Gasteiger partial charge in [-0.05, 0) is 0 Å². The fraction of sp³-hybridized carbons (Fsp3) is 0.217. The Morgan fingerprint density at radius 2 is 1.31 bits per heavy atom. The first-order valence-corrected chi connectivity index (χ1v) is 12.4. The molecule has 0 radical (unpaired) electrons. The summed E-state index contributed by atoms with van der Waals surface area (Å²) in [6.07, 6.45) is 1.13. The van der Waals surface area contributed by atoms with Crippen molar-refractivity contribution < 1.29 is 4.52 Å². The van der Waals surface area contributed by atoms with Gasteiger partial charge in [-0.15, -0.1) is 0 Å². The predicted octanol–water partition coefficient (Wildman–Crippen LogP) is 6.05. The van der Waals surface area contributed by atoms with Crippen LogP contribution in [0.2, 0.25) is 0 Å². The SMILES string of the molecule is CCP1(c2ccccc2)(c2ccccc2)OC(c2ccccc2Br)C1C. The second-order valence-electron chi connectivity index (χ2n) is 7.06. The van der Waals surface area contributed by atoms with Gasteiger partial charge in [0.25, 0.3) is 0 Å². The van der Waals surface area contributed by atoms with Crippen LogP contribution in [-0.2, 0) is 4.52 Å². The minimum atomic E-state index is -2.71. The second-order valence-corrected chi connectivity index (χ2v) is 13.2. The molecule has 0 aromatic heterocycles. The molecule has 3 aromatic carbocycles. The summed E-state index contributed by atoms with van der Waals surface area (Å²) in [5.41, 5.74) is 1.68. The van der Waals surface area contributed by atoms with Gasteiger partial charge in [-0.1, -0.05) is 0 Å². The molecule has 1 saturated heterocycles. The summed E-state index contributed by atoms with van der Waals surface area (Å²) in [5.74, 6) is 0. The molecule has 1 aliphatic rings. The second kappa shape index (κ2) is 6.60. The maximum atomic E-state index is 7.12. The molecule has 0 amide bonds. The van der Waals surface area contributed by atoms with Gasteiger partial charge in [0, 0.05) is 0 Å². The molecule has 1 fully saturated rings. The van der Waals surface area contributed by atoms with E-state index in [2.05, 4.69) is 115 Å². The minimum absolute atomic E-state index is 0.114. The van der Waals surface area contributed by atoms with Crippen molar-refractivity contribution in [2.45, 2.75) is 25.6 Å². The van der Waals surface area contributed by atoms with Gasteiger partial charge in [0.05, 0.1) is 0 Å². The molecular weight excluding hydrogens is 403 g/mol. The van der Waals surface area contributed by atoms with Crippen LogP contribution in [0.15, 0.2) is 89.4 Å². The van der Waals surface area contributed by atoms with E-state index in [1.165, 1.54) is 16.2 Å². The molecular formula is C23H24BrOP. The molecule has 0 N–H and O–H groups in total. The molecule has 2 atom stereocenters. The van der Waals surface area contributed by atoms with Crippen LogP contribution in [0, 0.1) is 0 Å². The fourth-order valence-electron chi connectivity index (χ4n) is 4.67. The van der Waals surface area contributed by atoms with Gasteiger partial charge in [-0.25, -0.2) is 0 Å². The topological polar surface area (TPSA) is 9.23 Å². The summed E-state index contributed by atoms with van der Waals surface area (Å²) in [6, 6.07) is 30.3. The van der Waals surface area contributed by atoms with E-state index in [1.54, 1.807) is 0 Å². The molecule has 0 aliphatic carbocycles. The zero-order valence-corrected chi connectivity index (χ0v) is 17.7. The van der Waals surface area contributed by atoms with Gasteiger partial charge < -0.3 is 0 Å². The average Bonchev–Trinajstić information content (AvgIpc) is 2.71. The van der Waals surface area contributed by atoms with Crippen LogP contribution in [0.4, 0.5) is 0 Å². The van der Waals surface area contributed by atoms with Crippen molar-refractivity contribution in [1.29, 1.82) is 0 Å². The van der Waals surface area contributed by atoms with E-state index in [9.17, 15) is 0 Å². The summed E-state index contributed by atoms with van der Waals surface area (Å²) in [4.78, 5) is 0. The third-order valence-electron chi connectivity index (χ3n) is 6.14. The summed E-state index contributed by atoms with van der Waals surface area (Å²) < 4.78 is 8.25. The molecule has 0 saturated carbocycles. The van der Waals surface area contributed by atoms with Crippen molar-refractivity contribution in [3.8, 4) is 0 Å². The number of benzene rings is 3. The first-order valence-electron chi connectivity index (χ1n) is 9.18. The van der Waals surface area contributed by atoms with Gasteiger partial charge >= 0.3 is 165 Å². The van der Waals surface area contributed by atoms with Gasteiger partial charge in [-0.3, -0.25) is 0 Å². The molecule has 3 heteroatoms. The Kier molecular flexibility index (Phi) is 4.55. The van der Waals surface area contributed by atoms with Crippen LogP contribution >= 0.6 is 22.8 Å². The Labute approximate surface area is 164 Å². The van der Waals surface area contributed by atoms with Crippen molar-refractivity contribution in [1.82, 2.24) is 0 Å². The summed E-state index contributed by atoms with van der Waals surface area (Å²) in [7, 11) is 0. The molecule has 4 rings (SSSR count). The number of hydrogen-bond acceptors (Lipinski definition) is 1. The van der Waals surface area contributed by atoms with Crippen LogP contribution < -0.4 is 10.6 Å². The quantitative estimate of drug-likeness (QED) is 0.461. The van der Waals surface area contributed by atoms with E-state index in [0.29, 0.717) is 5.66 Å². The molecule has 0 spiro atoms. The van der Waals surface area contributed by atoms with E-state index in [4.69, 9.17) is 4.52 Å². The van der Waals surface area contributed by atoms with E-state index >= 15 is 0 Å². The van der Waals surface area contributed by atoms with Gasteiger partial charge in [0.2, 0.25) is 0 Å². The van der Waals surface area contributed by atoms with Crippen molar-refractivity contribution in [2.24, 2.45) is 0 Å². The monoisotopic (exact) mass is 426 g/mol. The van der Waals surface area contributed by atoms with Crippen molar-refractivity contribution in [3.63, 3.8) is 0 Å². The molecule has 26 heavy (non-hydrogen) atoms. The molecule has 1 heterocycles. The zero-order valence-electron chi connectivity index (χ0n) is 15.2. The van der Waals surface area contributed by atoms with Crippen LogP contribution in [0.25, 0.3) is 0 Å². The van der Waals surface area contributed by atoms with Crippen LogP contribution in [-0.4, -0.2) is 11.8 Å². The average molecular weight is 427 g/mol. The Bertz CT molecular complexity index is 870. The third-order valence-corrected chi connectivity index (χ3v) is 13.7. The van der Waals surface area contributed by atoms with Crippen LogP contribution in [0.3, 0.4) is 0 Å². The van der Waals surface area contributed by atoms with E-state index in [1.807, 2.05) is 0 Å². The van der Waals surface area contributed by atoms with Crippen molar-refractivity contribution in [3.05, 3.63) is 95.0 Å². The van der Waals surface area contributed by atoms with Gasteiger partial charge in [0.1, 0.15) is 0 Å². The van der Waals surface area contributed by atoms with E-state index in [0.717, 1.165) is 10.6 Å². The number of hydrogen-bond donors (Lipinski definition) is 0. The first-order chi connectivity index (χ1) is 12.6. The molecule has 134 valence electrons. The first kappa shape index (κ1) is 17.9. The van der Waals surface area contributed by atoms with E-state index in [-0.39, 0.29) is 6.10 Å². The summed E-state index contributed by atoms with van der Waals surface area (Å²) in [6.45, 7) is 1.97. The third kappa shape index (κ3) is 2.29. The number of halogens is 1. The standard InChI is InChI=1S/C23H24BrOP/c1-3-26(19-12-6-4-7-13-19,20-14-8-5-9-15-20)18(2)23(25-26)21-16-10-11-17-22(21)24/h4-18,23H,3H2,1-2H3.